The molecule has 0 aromatic carbocycles. The SMILES string of the molecule is O=C(CCCc1ccc(Br)s1)NC(CC1CC1)C(=O)O. The molecule has 6 heteroatoms. The van der Waals surface area contributed by atoms with Gasteiger partial charge in [-0.2, -0.15) is 0 Å². The zero-order valence-electron chi connectivity index (χ0n) is 11.1. The van der Waals surface area contributed by atoms with Gasteiger partial charge in [0.25, 0.3) is 0 Å². The summed E-state index contributed by atoms with van der Waals surface area (Å²) in [6, 6.07) is 3.32. The molecule has 4 nitrogen and oxygen atoms in total. The van der Waals surface area contributed by atoms with E-state index < -0.39 is 12.0 Å². The molecule has 0 saturated heterocycles. The number of amides is 1. The van der Waals surface area contributed by atoms with E-state index in [4.69, 9.17) is 5.11 Å². The number of carbonyl (C=O) groups excluding carboxylic acids is 1. The molecule has 1 aromatic rings. The number of nitrogens with one attached hydrogen (secondary N) is 1. The molecular weight excluding hydrogens is 342 g/mol. The molecule has 110 valence electrons. The Labute approximate surface area is 130 Å². The molecule has 2 rings (SSSR count). The maximum atomic E-state index is 11.8. The van der Waals surface area contributed by atoms with Crippen molar-refractivity contribution in [3.63, 3.8) is 0 Å². The Morgan fingerprint density at radius 3 is 2.75 bits per heavy atom. The quantitative estimate of drug-likeness (QED) is 0.748. The van der Waals surface area contributed by atoms with Crippen molar-refractivity contribution in [1.29, 1.82) is 0 Å². The van der Waals surface area contributed by atoms with Crippen LogP contribution >= 0.6 is 27.3 Å². The van der Waals surface area contributed by atoms with Crippen molar-refractivity contribution in [2.45, 2.75) is 44.6 Å². The first-order valence-electron chi connectivity index (χ1n) is 6.81. The van der Waals surface area contributed by atoms with Gasteiger partial charge in [-0.25, -0.2) is 4.79 Å². The summed E-state index contributed by atoms with van der Waals surface area (Å²) in [6.45, 7) is 0. The minimum Gasteiger partial charge on any atom is -0.480 e. The first-order valence-corrected chi connectivity index (χ1v) is 8.42. The van der Waals surface area contributed by atoms with Crippen LogP contribution in [-0.4, -0.2) is 23.0 Å². The summed E-state index contributed by atoms with van der Waals surface area (Å²) in [7, 11) is 0. The summed E-state index contributed by atoms with van der Waals surface area (Å²) in [5.74, 6) is -0.596. The van der Waals surface area contributed by atoms with Crippen molar-refractivity contribution in [3.05, 3.63) is 20.8 Å². The van der Waals surface area contributed by atoms with E-state index in [-0.39, 0.29) is 5.91 Å². The van der Waals surface area contributed by atoms with Crippen molar-refractivity contribution >= 4 is 39.1 Å². The first-order chi connectivity index (χ1) is 9.54. The van der Waals surface area contributed by atoms with E-state index in [9.17, 15) is 9.59 Å². The Balaban J connectivity index is 1.69. The van der Waals surface area contributed by atoms with Crippen LogP contribution in [0.25, 0.3) is 0 Å². The number of aryl methyl sites for hydroxylation is 1. The first kappa shape index (κ1) is 15.5. The van der Waals surface area contributed by atoms with Crippen LogP contribution in [0.1, 0.15) is 37.0 Å². The summed E-state index contributed by atoms with van der Waals surface area (Å²) >= 11 is 5.07. The van der Waals surface area contributed by atoms with E-state index in [1.807, 2.05) is 12.1 Å². The lowest BCUT2D eigenvalue weighted by Crippen LogP contribution is -2.41. The number of carboxylic acid groups (broad SMARTS) is 1. The van der Waals surface area contributed by atoms with Crippen molar-refractivity contribution in [3.8, 4) is 0 Å². The van der Waals surface area contributed by atoms with E-state index in [2.05, 4.69) is 21.2 Å². The van der Waals surface area contributed by atoms with Crippen LogP contribution in [0.5, 0.6) is 0 Å². The topological polar surface area (TPSA) is 66.4 Å². The maximum absolute atomic E-state index is 11.8. The Morgan fingerprint density at radius 2 is 2.20 bits per heavy atom. The standard InChI is InChI=1S/C14H18BrNO3S/c15-12-7-6-10(20-12)2-1-3-13(17)16-11(14(18)19)8-9-4-5-9/h6-7,9,11H,1-5,8H2,(H,16,17)(H,18,19). The van der Waals surface area contributed by atoms with Gasteiger partial charge in [0.2, 0.25) is 5.91 Å². The van der Waals surface area contributed by atoms with E-state index in [0.29, 0.717) is 18.8 Å². The van der Waals surface area contributed by atoms with E-state index in [1.165, 1.54) is 4.88 Å². The molecule has 1 unspecified atom stereocenters. The number of rotatable bonds is 8. The van der Waals surface area contributed by atoms with Gasteiger partial charge in [-0.1, -0.05) is 12.8 Å². The molecule has 0 bridgehead atoms. The lowest BCUT2D eigenvalue weighted by atomic mass is 10.1. The zero-order valence-corrected chi connectivity index (χ0v) is 13.5. The Morgan fingerprint density at radius 1 is 1.45 bits per heavy atom. The van der Waals surface area contributed by atoms with E-state index in [0.717, 1.165) is 29.5 Å². The average molecular weight is 360 g/mol. The second-order valence-electron chi connectivity index (χ2n) is 5.20. The van der Waals surface area contributed by atoms with Gasteiger partial charge in [-0.15, -0.1) is 11.3 Å². The number of aliphatic carboxylic acids is 1. The molecule has 0 aliphatic heterocycles. The molecule has 1 atom stereocenters. The van der Waals surface area contributed by atoms with Gasteiger partial charge in [-0.3, -0.25) is 4.79 Å². The second kappa shape index (κ2) is 7.22. The van der Waals surface area contributed by atoms with Gasteiger partial charge in [0, 0.05) is 11.3 Å². The molecular formula is C14H18BrNO3S. The van der Waals surface area contributed by atoms with Crippen LogP contribution in [0.15, 0.2) is 15.9 Å². The molecule has 1 aromatic heterocycles. The predicted molar refractivity (Wildman–Crippen MR) is 81.9 cm³/mol. The molecule has 0 spiro atoms. The Bertz CT molecular complexity index is 485. The lowest BCUT2D eigenvalue weighted by molar-refractivity contribution is -0.142. The normalized spacial score (nSPS) is 15.8. The molecule has 1 aliphatic rings. The van der Waals surface area contributed by atoms with Crippen molar-refractivity contribution in [1.82, 2.24) is 5.32 Å². The number of carbonyl (C=O) groups is 2. The fourth-order valence-corrected chi connectivity index (χ4v) is 3.61. The Kier molecular flexibility index (Phi) is 5.60. The molecule has 1 saturated carbocycles. The third kappa shape index (κ3) is 5.25. The molecule has 1 amide bonds. The molecule has 1 heterocycles. The van der Waals surface area contributed by atoms with Crippen molar-refractivity contribution < 1.29 is 14.7 Å². The van der Waals surface area contributed by atoms with Crippen LogP contribution < -0.4 is 5.32 Å². The molecule has 1 fully saturated rings. The molecule has 20 heavy (non-hydrogen) atoms. The van der Waals surface area contributed by atoms with Crippen LogP contribution in [0.4, 0.5) is 0 Å². The van der Waals surface area contributed by atoms with Crippen molar-refractivity contribution in [2.75, 3.05) is 0 Å². The largest absolute Gasteiger partial charge is 0.480 e. The summed E-state index contributed by atoms with van der Waals surface area (Å²) in [5, 5.41) is 11.7. The number of hydrogen-bond donors (Lipinski definition) is 2. The minimum atomic E-state index is -0.924. The van der Waals surface area contributed by atoms with Gasteiger partial charge >= 0.3 is 5.97 Å². The third-order valence-electron chi connectivity index (χ3n) is 3.36. The van der Waals surface area contributed by atoms with Gasteiger partial charge in [0.05, 0.1) is 3.79 Å². The Hall–Kier alpha value is -0.880. The van der Waals surface area contributed by atoms with E-state index in [1.54, 1.807) is 11.3 Å². The van der Waals surface area contributed by atoms with Crippen LogP contribution in [0.2, 0.25) is 0 Å². The summed E-state index contributed by atoms with van der Waals surface area (Å²) in [6.07, 6.45) is 4.72. The molecule has 0 radical (unpaired) electrons. The number of thiophene rings is 1. The monoisotopic (exact) mass is 359 g/mol. The third-order valence-corrected chi connectivity index (χ3v) is 5.04. The number of hydrogen-bond acceptors (Lipinski definition) is 3. The van der Waals surface area contributed by atoms with E-state index >= 15 is 0 Å². The average Bonchev–Trinajstić information content (AvgIpc) is 3.10. The minimum absolute atomic E-state index is 0.159. The number of carboxylic acids is 1. The summed E-state index contributed by atoms with van der Waals surface area (Å²) in [5.41, 5.74) is 0. The zero-order chi connectivity index (χ0) is 14.5. The van der Waals surface area contributed by atoms with Crippen molar-refractivity contribution in [2.24, 2.45) is 5.92 Å². The van der Waals surface area contributed by atoms with Crippen LogP contribution in [0.3, 0.4) is 0 Å². The highest BCUT2D eigenvalue weighted by Crippen LogP contribution is 2.33. The predicted octanol–water partition coefficient (Wildman–Crippen LogP) is 3.20. The number of halogens is 1. The van der Waals surface area contributed by atoms with Crippen LogP contribution in [0, 0.1) is 5.92 Å². The molecule has 1 aliphatic carbocycles. The highest BCUT2D eigenvalue weighted by molar-refractivity contribution is 9.11. The smallest absolute Gasteiger partial charge is 0.326 e. The fraction of sp³-hybridized carbons (Fsp3) is 0.571. The van der Waals surface area contributed by atoms with Gasteiger partial charge in [0.1, 0.15) is 6.04 Å². The van der Waals surface area contributed by atoms with Gasteiger partial charge in [-0.05, 0) is 53.2 Å². The maximum Gasteiger partial charge on any atom is 0.326 e. The van der Waals surface area contributed by atoms with Gasteiger partial charge in [0.15, 0.2) is 0 Å². The summed E-state index contributed by atoms with van der Waals surface area (Å²) in [4.78, 5) is 24.1. The fourth-order valence-electron chi connectivity index (χ4n) is 2.08. The van der Waals surface area contributed by atoms with Gasteiger partial charge < -0.3 is 10.4 Å². The highest BCUT2D eigenvalue weighted by Gasteiger charge is 2.29. The highest BCUT2D eigenvalue weighted by atomic mass is 79.9. The second-order valence-corrected chi connectivity index (χ2v) is 7.74. The summed E-state index contributed by atoms with van der Waals surface area (Å²) < 4.78 is 1.09. The molecule has 2 N–H and O–H groups in total. The van der Waals surface area contributed by atoms with Crippen LogP contribution in [-0.2, 0) is 16.0 Å². The lowest BCUT2D eigenvalue weighted by Gasteiger charge is -2.13.